The van der Waals surface area contributed by atoms with E-state index in [2.05, 4.69) is 5.32 Å². The second kappa shape index (κ2) is 6.35. The first-order valence-corrected chi connectivity index (χ1v) is 7.57. The molecule has 120 valence electrons. The number of nitrogens with one attached hydrogen (secondary N) is 1. The Bertz CT molecular complexity index is 832. The minimum Gasteiger partial charge on any atom is -0.365 e. The summed E-state index contributed by atoms with van der Waals surface area (Å²) in [6.07, 6.45) is 0. The van der Waals surface area contributed by atoms with Gasteiger partial charge in [-0.15, -0.1) is 11.3 Å². The van der Waals surface area contributed by atoms with E-state index in [-0.39, 0.29) is 21.8 Å². The van der Waals surface area contributed by atoms with Crippen LogP contribution < -0.4 is 11.1 Å². The number of carbonyl (C=O) groups excluding carboxylic acids is 2. The van der Waals surface area contributed by atoms with Crippen molar-refractivity contribution in [2.45, 2.75) is 13.8 Å². The van der Waals surface area contributed by atoms with Gasteiger partial charge in [0, 0.05) is 16.5 Å². The molecule has 0 saturated carbocycles. The number of hydrogen-bond acceptors (Lipinski definition) is 5. The van der Waals surface area contributed by atoms with E-state index in [1.165, 1.54) is 23.5 Å². The Morgan fingerprint density at radius 2 is 2.00 bits per heavy atom. The number of nitrogens with zero attached hydrogens (tertiary/aromatic N) is 1. The molecular formula is C14H12ClN3O4S. The number of benzene rings is 1. The number of nitrogens with two attached hydrogens (primary N) is 1. The SMILES string of the molecule is Cc1sc(NC(=O)c2ccc(Cl)c([N+](=O)[O-])c2)c(C(N)=O)c1C. The quantitative estimate of drug-likeness (QED) is 0.648. The van der Waals surface area contributed by atoms with Gasteiger partial charge in [0.15, 0.2) is 0 Å². The highest BCUT2D eigenvalue weighted by atomic mass is 35.5. The Morgan fingerprint density at radius 3 is 2.57 bits per heavy atom. The van der Waals surface area contributed by atoms with Crippen LogP contribution in [0.4, 0.5) is 10.7 Å². The Labute approximate surface area is 140 Å². The van der Waals surface area contributed by atoms with Gasteiger partial charge in [-0.05, 0) is 31.5 Å². The number of aryl methyl sites for hydroxylation is 1. The molecule has 1 aromatic heterocycles. The van der Waals surface area contributed by atoms with Crippen molar-refractivity contribution in [2.75, 3.05) is 5.32 Å². The maximum atomic E-state index is 12.3. The summed E-state index contributed by atoms with van der Waals surface area (Å²) in [6.45, 7) is 3.53. The van der Waals surface area contributed by atoms with Crippen molar-refractivity contribution < 1.29 is 14.5 Å². The van der Waals surface area contributed by atoms with E-state index in [0.29, 0.717) is 10.6 Å². The lowest BCUT2D eigenvalue weighted by molar-refractivity contribution is -0.384. The van der Waals surface area contributed by atoms with Crippen LogP contribution in [0.15, 0.2) is 18.2 Å². The molecule has 0 aliphatic heterocycles. The van der Waals surface area contributed by atoms with Crippen LogP contribution in [-0.2, 0) is 0 Å². The van der Waals surface area contributed by atoms with E-state index in [1.807, 2.05) is 0 Å². The predicted molar refractivity (Wildman–Crippen MR) is 88.4 cm³/mol. The zero-order chi connectivity index (χ0) is 17.3. The fraction of sp³-hybridized carbons (Fsp3) is 0.143. The number of amides is 2. The molecule has 0 unspecified atom stereocenters. The Kier molecular flexibility index (Phi) is 4.67. The highest BCUT2D eigenvalue weighted by molar-refractivity contribution is 7.16. The molecule has 0 saturated heterocycles. The van der Waals surface area contributed by atoms with Crippen LogP contribution in [0.25, 0.3) is 0 Å². The molecule has 23 heavy (non-hydrogen) atoms. The molecule has 1 heterocycles. The number of anilines is 1. The maximum Gasteiger partial charge on any atom is 0.288 e. The van der Waals surface area contributed by atoms with E-state index in [0.717, 1.165) is 10.9 Å². The van der Waals surface area contributed by atoms with Crippen LogP contribution in [0.5, 0.6) is 0 Å². The van der Waals surface area contributed by atoms with Gasteiger partial charge in [-0.1, -0.05) is 11.6 Å². The monoisotopic (exact) mass is 353 g/mol. The second-order valence-corrected chi connectivity index (χ2v) is 6.36. The Balaban J connectivity index is 2.37. The third kappa shape index (κ3) is 3.33. The van der Waals surface area contributed by atoms with Crippen LogP contribution >= 0.6 is 22.9 Å². The highest BCUT2D eigenvalue weighted by Crippen LogP contribution is 2.33. The molecule has 2 amide bonds. The highest BCUT2D eigenvalue weighted by Gasteiger charge is 2.21. The summed E-state index contributed by atoms with van der Waals surface area (Å²) in [6, 6.07) is 3.71. The molecule has 0 fully saturated rings. The summed E-state index contributed by atoms with van der Waals surface area (Å²) in [5.41, 5.74) is 5.96. The van der Waals surface area contributed by atoms with E-state index in [1.54, 1.807) is 13.8 Å². The molecule has 9 heteroatoms. The fourth-order valence-corrected chi connectivity index (χ4v) is 3.23. The number of nitro benzene ring substituents is 1. The molecule has 0 aliphatic carbocycles. The van der Waals surface area contributed by atoms with Gasteiger partial charge >= 0.3 is 0 Å². The van der Waals surface area contributed by atoms with Crippen LogP contribution in [0.2, 0.25) is 5.02 Å². The van der Waals surface area contributed by atoms with Crippen molar-refractivity contribution in [1.29, 1.82) is 0 Å². The van der Waals surface area contributed by atoms with Crippen LogP contribution in [0.1, 0.15) is 31.2 Å². The van der Waals surface area contributed by atoms with E-state index >= 15 is 0 Å². The third-order valence-corrected chi connectivity index (χ3v) is 4.71. The molecule has 3 N–H and O–H groups in total. The predicted octanol–water partition coefficient (Wildman–Crippen LogP) is 3.28. The molecule has 0 radical (unpaired) electrons. The van der Waals surface area contributed by atoms with Crippen molar-refractivity contribution in [3.63, 3.8) is 0 Å². The summed E-state index contributed by atoms with van der Waals surface area (Å²) in [5.74, 6) is -1.24. The number of thiophene rings is 1. The number of carbonyl (C=O) groups is 2. The lowest BCUT2D eigenvalue weighted by atomic mass is 10.1. The topological polar surface area (TPSA) is 115 Å². The van der Waals surface area contributed by atoms with Gasteiger partial charge in [0.25, 0.3) is 17.5 Å². The van der Waals surface area contributed by atoms with Crippen molar-refractivity contribution >= 4 is 45.4 Å². The first kappa shape index (κ1) is 16.9. The Hall–Kier alpha value is -2.45. The molecule has 0 bridgehead atoms. The number of halogens is 1. The van der Waals surface area contributed by atoms with Crippen molar-refractivity contribution in [1.82, 2.24) is 0 Å². The lowest BCUT2D eigenvalue weighted by Crippen LogP contribution is -2.17. The van der Waals surface area contributed by atoms with E-state index < -0.39 is 16.7 Å². The van der Waals surface area contributed by atoms with Crippen molar-refractivity contribution in [3.8, 4) is 0 Å². The summed E-state index contributed by atoms with van der Waals surface area (Å²) in [4.78, 5) is 34.9. The summed E-state index contributed by atoms with van der Waals surface area (Å²) < 4.78 is 0. The molecule has 0 spiro atoms. The molecule has 0 aliphatic rings. The van der Waals surface area contributed by atoms with Gasteiger partial charge < -0.3 is 11.1 Å². The smallest absolute Gasteiger partial charge is 0.288 e. The Morgan fingerprint density at radius 1 is 1.35 bits per heavy atom. The molecule has 2 rings (SSSR count). The zero-order valence-electron chi connectivity index (χ0n) is 12.2. The lowest BCUT2D eigenvalue weighted by Gasteiger charge is -2.05. The largest absolute Gasteiger partial charge is 0.365 e. The second-order valence-electron chi connectivity index (χ2n) is 4.73. The standard InChI is InChI=1S/C14H12ClN3O4S/c1-6-7(2)23-14(11(6)12(16)19)17-13(20)8-3-4-9(15)10(5-8)18(21)22/h3-5H,1-2H3,(H2,16,19)(H,17,20). The maximum absolute atomic E-state index is 12.3. The van der Waals surface area contributed by atoms with E-state index in [4.69, 9.17) is 17.3 Å². The molecule has 2 aromatic rings. The van der Waals surface area contributed by atoms with Gasteiger partial charge in [0.2, 0.25) is 0 Å². The molecule has 0 atom stereocenters. The number of primary amides is 1. The van der Waals surface area contributed by atoms with Gasteiger partial charge in [-0.2, -0.15) is 0 Å². The normalized spacial score (nSPS) is 10.4. The zero-order valence-corrected chi connectivity index (χ0v) is 13.7. The van der Waals surface area contributed by atoms with E-state index in [9.17, 15) is 19.7 Å². The van der Waals surface area contributed by atoms with Crippen LogP contribution in [0.3, 0.4) is 0 Å². The molecule has 7 nitrogen and oxygen atoms in total. The number of rotatable bonds is 4. The van der Waals surface area contributed by atoms with Crippen molar-refractivity contribution in [2.24, 2.45) is 5.73 Å². The average molecular weight is 354 g/mol. The summed E-state index contributed by atoms with van der Waals surface area (Å²) in [5, 5.41) is 13.7. The first-order valence-electron chi connectivity index (χ1n) is 6.37. The van der Waals surface area contributed by atoms with Crippen LogP contribution in [0, 0.1) is 24.0 Å². The minimum atomic E-state index is -0.673. The number of nitro groups is 1. The molecular weight excluding hydrogens is 342 g/mol. The first-order chi connectivity index (χ1) is 10.7. The van der Waals surface area contributed by atoms with Gasteiger partial charge in [0.1, 0.15) is 10.0 Å². The average Bonchev–Trinajstić information content (AvgIpc) is 2.73. The van der Waals surface area contributed by atoms with Crippen LogP contribution in [-0.4, -0.2) is 16.7 Å². The third-order valence-electron chi connectivity index (χ3n) is 3.26. The van der Waals surface area contributed by atoms with Crippen molar-refractivity contribution in [3.05, 3.63) is 54.9 Å². The fourth-order valence-electron chi connectivity index (χ4n) is 1.98. The number of hydrogen-bond donors (Lipinski definition) is 2. The van der Waals surface area contributed by atoms with Gasteiger partial charge in [-0.3, -0.25) is 19.7 Å². The summed E-state index contributed by atoms with van der Waals surface area (Å²) in [7, 11) is 0. The summed E-state index contributed by atoms with van der Waals surface area (Å²) >= 11 is 6.93. The molecule has 1 aromatic carbocycles. The van der Waals surface area contributed by atoms with Gasteiger partial charge in [0.05, 0.1) is 10.5 Å². The van der Waals surface area contributed by atoms with Gasteiger partial charge in [-0.25, -0.2) is 0 Å². The minimum absolute atomic E-state index is 0.0558.